The number of nitrogens with zero attached hydrogens (tertiary/aromatic N) is 1. The molecule has 4 atom stereocenters. The summed E-state index contributed by atoms with van der Waals surface area (Å²) in [7, 11) is 0. The number of fused-ring (bicyclic) bond motifs is 5. The van der Waals surface area contributed by atoms with Crippen LogP contribution in [0.2, 0.25) is 0 Å². The predicted octanol–water partition coefficient (Wildman–Crippen LogP) is 2.54. The molecular weight excluding hydrogens is 311 g/mol. The number of anilines is 1. The highest BCUT2D eigenvalue weighted by Crippen LogP contribution is 2.52. The smallest absolute Gasteiger partial charge is 0.362 e. The lowest BCUT2D eigenvalue weighted by atomic mass is 9.78. The van der Waals surface area contributed by atoms with E-state index in [9.17, 15) is 22.8 Å². The summed E-state index contributed by atoms with van der Waals surface area (Å²) in [6.45, 7) is 1.72. The summed E-state index contributed by atoms with van der Waals surface area (Å²) < 4.78 is 44.2. The van der Waals surface area contributed by atoms with E-state index < -0.39 is 47.1 Å². The van der Waals surface area contributed by atoms with E-state index in [0.717, 1.165) is 17.0 Å². The second-order valence-electron chi connectivity index (χ2n) is 6.19. The Balaban J connectivity index is 1.75. The molecule has 2 amide bonds. The Morgan fingerprint density at radius 2 is 1.96 bits per heavy atom. The summed E-state index contributed by atoms with van der Waals surface area (Å²) in [5, 5.41) is 0. The van der Waals surface area contributed by atoms with E-state index in [4.69, 9.17) is 4.74 Å². The van der Waals surface area contributed by atoms with Crippen LogP contribution in [0.4, 0.5) is 18.9 Å². The quantitative estimate of drug-likeness (QED) is 0.589. The second kappa shape index (κ2) is 4.23. The Kier molecular flexibility index (Phi) is 2.65. The Morgan fingerprint density at radius 3 is 2.61 bits per heavy atom. The zero-order valence-corrected chi connectivity index (χ0v) is 12.0. The van der Waals surface area contributed by atoms with Crippen molar-refractivity contribution < 1.29 is 27.5 Å². The van der Waals surface area contributed by atoms with Crippen LogP contribution in [-0.4, -0.2) is 23.5 Å². The molecule has 3 aliphatic heterocycles. The van der Waals surface area contributed by atoms with Gasteiger partial charge in [0, 0.05) is 0 Å². The third-order valence-electron chi connectivity index (χ3n) is 4.76. The maximum Gasteiger partial charge on any atom is 0.416 e. The number of hydrogen-bond acceptors (Lipinski definition) is 3. The molecule has 120 valence electrons. The van der Waals surface area contributed by atoms with E-state index in [2.05, 4.69) is 0 Å². The third kappa shape index (κ3) is 1.83. The van der Waals surface area contributed by atoms with E-state index in [1.807, 2.05) is 0 Å². The van der Waals surface area contributed by atoms with Gasteiger partial charge in [-0.1, -0.05) is 18.2 Å². The first-order valence-corrected chi connectivity index (χ1v) is 7.15. The summed E-state index contributed by atoms with van der Waals surface area (Å²) in [4.78, 5) is 26.1. The number of ether oxygens (including phenoxy) is 1. The molecule has 23 heavy (non-hydrogen) atoms. The number of carbonyl (C=O) groups excluding carboxylic acids is 2. The largest absolute Gasteiger partial charge is 0.416 e. The first kappa shape index (κ1) is 14.4. The number of carbonyl (C=O) groups is 2. The highest BCUT2D eigenvalue weighted by molar-refractivity contribution is 6.23. The van der Waals surface area contributed by atoms with Gasteiger partial charge in [-0.3, -0.25) is 9.59 Å². The summed E-state index contributed by atoms with van der Waals surface area (Å²) in [6, 6.07) is 4.27. The summed E-state index contributed by atoms with van der Waals surface area (Å²) >= 11 is 0. The van der Waals surface area contributed by atoms with Gasteiger partial charge in [0.05, 0.1) is 34.8 Å². The maximum absolute atomic E-state index is 12.9. The molecule has 0 aliphatic carbocycles. The van der Waals surface area contributed by atoms with Gasteiger partial charge >= 0.3 is 6.18 Å². The van der Waals surface area contributed by atoms with Crippen LogP contribution in [0.15, 0.2) is 36.4 Å². The Labute approximate surface area is 129 Å². The van der Waals surface area contributed by atoms with Gasteiger partial charge in [-0.05, 0) is 25.1 Å². The zero-order chi connectivity index (χ0) is 16.6. The number of hydrogen-bond donors (Lipinski definition) is 0. The number of amides is 2. The van der Waals surface area contributed by atoms with Crippen molar-refractivity contribution in [3.05, 3.63) is 42.0 Å². The summed E-state index contributed by atoms with van der Waals surface area (Å²) in [5.74, 6) is -2.35. The molecule has 0 N–H and O–H groups in total. The van der Waals surface area contributed by atoms with Crippen molar-refractivity contribution in [3.8, 4) is 0 Å². The van der Waals surface area contributed by atoms with Crippen LogP contribution >= 0.6 is 0 Å². The zero-order valence-electron chi connectivity index (χ0n) is 12.0. The molecule has 1 aromatic rings. The van der Waals surface area contributed by atoms with Crippen molar-refractivity contribution in [1.82, 2.24) is 0 Å². The molecule has 2 bridgehead atoms. The first-order valence-electron chi connectivity index (χ1n) is 7.15. The van der Waals surface area contributed by atoms with Gasteiger partial charge in [0.2, 0.25) is 11.8 Å². The molecule has 0 radical (unpaired) electrons. The fraction of sp³-hybridized carbons (Fsp3) is 0.375. The van der Waals surface area contributed by atoms with Crippen LogP contribution in [0.5, 0.6) is 0 Å². The number of alkyl halides is 3. The maximum atomic E-state index is 12.9. The van der Waals surface area contributed by atoms with Crippen LogP contribution < -0.4 is 4.90 Å². The SMILES string of the molecule is CC12C=CC(O1)C1C(=O)N(c3cccc(C(F)(F)F)c3)C(=O)C12. The normalized spacial score (nSPS) is 35.3. The molecule has 0 aromatic heterocycles. The second-order valence-corrected chi connectivity index (χ2v) is 6.19. The molecule has 4 unspecified atom stereocenters. The summed E-state index contributed by atoms with van der Waals surface area (Å²) in [5.41, 5.74) is -1.80. The standard InChI is InChI=1S/C16H12F3NO3/c1-15-6-5-10(23-15)11-12(15)14(22)20(13(11)21)9-4-2-3-8(7-9)16(17,18)19/h2-7,10-12H,1H3. The van der Waals surface area contributed by atoms with Crippen LogP contribution in [0, 0.1) is 11.8 Å². The molecule has 7 heteroatoms. The average Bonchev–Trinajstić information content (AvgIpc) is 3.07. The lowest BCUT2D eigenvalue weighted by molar-refractivity contribution is -0.137. The monoisotopic (exact) mass is 323 g/mol. The minimum atomic E-state index is -4.53. The number of halogens is 3. The van der Waals surface area contributed by atoms with Gasteiger partial charge in [0.15, 0.2) is 0 Å². The van der Waals surface area contributed by atoms with Crippen molar-refractivity contribution in [2.45, 2.75) is 24.8 Å². The lowest BCUT2D eigenvalue weighted by Crippen LogP contribution is -2.38. The summed E-state index contributed by atoms with van der Waals surface area (Å²) in [6.07, 6.45) is -1.54. The van der Waals surface area contributed by atoms with E-state index in [1.54, 1.807) is 19.1 Å². The van der Waals surface area contributed by atoms with Gasteiger partial charge in [-0.15, -0.1) is 0 Å². The minimum absolute atomic E-state index is 0.0489. The molecule has 3 aliphatic rings. The number of imide groups is 1. The topological polar surface area (TPSA) is 46.6 Å². The van der Waals surface area contributed by atoms with Crippen LogP contribution in [-0.2, 0) is 20.5 Å². The molecule has 0 spiro atoms. The fourth-order valence-electron chi connectivity index (χ4n) is 3.73. The van der Waals surface area contributed by atoms with Gasteiger partial charge in [-0.25, -0.2) is 4.90 Å². The number of rotatable bonds is 1. The minimum Gasteiger partial charge on any atom is -0.362 e. The van der Waals surface area contributed by atoms with Crippen molar-refractivity contribution in [2.24, 2.45) is 11.8 Å². The molecule has 0 saturated carbocycles. The van der Waals surface area contributed by atoms with E-state index in [1.165, 1.54) is 12.1 Å². The average molecular weight is 323 g/mol. The first-order chi connectivity index (χ1) is 10.7. The Morgan fingerprint density at radius 1 is 1.22 bits per heavy atom. The molecule has 2 fully saturated rings. The van der Waals surface area contributed by atoms with E-state index in [0.29, 0.717) is 0 Å². The highest BCUT2D eigenvalue weighted by Gasteiger charge is 2.66. The molecular formula is C16H12F3NO3. The van der Waals surface area contributed by atoms with Crippen molar-refractivity contribution in [1.29, 1.82) is 0 Å². The van der Waals surface area contributed by atoms with Crippen molar-refractivity contribution >= 4 is 17.5 Å². The van der Waals surface area contributed by atoms with Crippen molar-refractivity contribution in [2.75, 3.05) is 4.90 Å². The van der Waals surface area contributed by atoms with Crippen LogP contribution in [0.3, 0.4) is 0 Å². The van der Waals surface area contributed by atoms with E-state index >= 15 is 0 Å². The lowest BCUT2D eigenvalue weighted by Gasteiger charge is -2.24. The van der Waals surface area contributed by atoms with Crippen LogP contribution in [0.25, 0.3) is 0 Å². The van der Waals surface area contributed by atoms with Gasteiger partial charge in [0.25, 0.3) is 0 Å². The Hall–Kier alpha value is -2.15. The molecule has 1 aromatic carbocycles. The third-order valence-corrected chi connectivity index (χ3v) is 4.76. The van der Waals surface area contributed by atoms with Crippen molar-refractivity contribution in [3.63, 3.8) is 0 Å². The van der Waals surface area contributed by atoms with Crippen LogP contribution in [0.1, 0.15) is 12.5 Å². The molecule has 2 saturated heterocycles. The van der Waals surface area contributed by atoms with Gasteiger partial charge < -0.3 is 4.74 Å². The van der Waals surface area contributed by atoms with Gasteiger partial charge in [-0.2, -0.15) is 13.2 Å². The molecule has 3 heterocycles. The Bertz CT molecular complexity index is 757. The number of benzene rings is 1. The van der Waals surface area contributed by atoms with Gasteiger partial charge in [0.1, 0.15) is 0 Å². The molecule has 4 nitrogen and oxygen atoms in total. The predicted molar refractivity (Wildman–Crippen MR) is 73.3 cm³/mol. The van der Waals surface area contributed by atoms with E-state index in [-0.39, 0.29) is 5.69 Å². The highest BCUT2D eigenvalue weighted by atomic mass is 19.4. The fourth-order valence-corrected chi connectivity index (χ4v) is 3.73. The molecule has 4 rings (SSSR count).